The lowest BCUT2D eigenvalue weighted by atomic mass is 9.96. The maximum absolute atomic E-state index is 12.7. The molecule has 28 heavy (non-hydrogen) atoms. The molecule has 0 unspecified atom stereocenters. The molecule has 0 aliphatic carbocycles. The zero-order valence-electron chi connectivity index (χ0n) is 19.5. The summed E-state index contributed by atoms with van der Waals surface area (Å²) in [5, 5.41) is 2.72. The van der Waals surface area contributed by atoms with Gasteiger partial charge in [-0.3, -0.25) is 0 Å². The SMILES string of the molecule is C=CC[C@](CO[Si](C(C)C)(C(C)C)C(C)C)(NC(=O)OC(C)(C)C)C(=O)OC. The zero-order valence-corrected chi connectivity index (χ0v) is 20.5. The van der Waals surface area contributed by atoms with E-state index < -0.39 is 31.5 Å². The molecular weight excluding hydrogens is 374 g/mol. The van der Waals surface area contributed by atoms with Crippen LogP contribution >= 0.6 is 0 Å². The quantitative estimate of drug-likeness (QED) is 0.302. The van der Waals surface area contributed by atoms with E-state index in [9.17, 15) is 9.59 Å². The number of carbonyl (C=O) groups is 2. The van der Waals surface area contributed by atoms with Crippen LogP contribution in [0.3, 0.4) is 0 Å². The van der Waals surface area contributed by atoms with Gasteiger partial charge in [0.2, 0.25) is 0 Å². The van der Waals surface area contributed by atoms with Gasteiger partial charge in [-0.05, 0) is 37.4 Å². The van der Waals surface area contributed by atoms with Crippen LogP contribution in [-0.4, -0.2) is 45.2 Å². The van der Waals surface area contributed by atoms with Crippen molar-refractivity contribution in [1.82, 2.24) is 5.32 Å². The first-order chi connectivity index (χ1) is 12.7. The van der Waals surface area contributed by atoms with Gasteiger partial charge in [0.15, 0.2) is 13.9 Å². The lowest BCUT2D eigenvalue weighted by molar-refractivity contribution is -0.150. The first kappa shape index (κ1) is 26.7. The molecule has 0 aromatic heterocycles. The van der Waals surface area contributed by atoms with Gasteiger partial charge < -0.3 is 19.2 Å². The van der Waals surface area contributed by atoms with Gasteiger partial charge >= 0.3 is 12.1 Å². The Morgan fingerprint density at radius 3 is 1.82 bits per heavy atom. The molecule has 164 valence electrons. The number of carbonyl (C=O) groups excluding carboxylic acids is 2. The third-order valence-corrected chi connectivity index (χ3v) is 11.1. The van der Waals surface area contributed by atoms with E-state index in [1.165, 1.54) is 7.11 Å². The molecule has 0 aromatic carbocycles. The molecule has 0 aromatic rings. The van der Waals surface area contributed by atoms with E-state index >= 15 is 0 Å². The average molecular weight is 416 g/mol. The molecule has 0 fully saturated rings. The third kappa shape index (κ3) is 6.62. The van der Waals surface area contributed by atoms with Crippen LogP contribution in [0.5, 0.6) is 0 Å². The molecule has 0 radical (unpaired) electrons. The van der Waals surface area contributed by atoms with Gasteiger partial charge in [0.1, 0.15) is 5.60 Å². The molecule has 1 N–H and O–H groups in total. The van der Waals surface area contributed by atoms with Crippen molar-refractivity contribution in [3.63, 3.8) is 0 Å². The summed E-state index contributed by atoms with van der Waals surface area (Å²) in [5.41, 5.74) is -1.04. The normalized spacial score (nSPS) is 14.8. The largest absolute Gasteiger partial charge is 0.467 e. The lowest BCUT2D eigenvalue weighted by Gasteiger charge is -2.44. The number of rotatable bonds is 10. The summed E-state index contributed by atoms with van der Waals surface area (Å²) in [6.45, 7) is 22.1. The van der Waals surface area contributed by atoms with Crippen molar-refractivity contribution >= 4 is 20.4 Å². The van der Waals surface area contributed by atoms with Crippen molar-refractivity contribution in [2.24, 2.45) is 0 Å². The van der Waals surface area contributed by atoms with Gasteiger partial charge in [-0.2, -0.15) is 0 Å². The predicted octanol–water partition coefficient (Wildman–Crippen LogP) is 5.19. The summed E-state index contributed by atoms with van der Waals surface area (Å²) in [7, 11) is -0.957. The van der Waals surface area contributed by atoms with Gasteiger partial charge in [-0.15, -0.1) is 6.58 Å². The molecule has 7 heteroatoms. The first-order valence-corrected chi connectivity index (χ1v) is 12.2. The van der Waals surface area contributed by atoms with Crippen LogP contribution in [0.15, 0.2) is 12.7 Å². The molecule has 0 rings (SSSR count). The average Bonchev–Trinajstić information content (AvgIpc) is 2.51. The lowest BCUT2D eigenvalue weighted by Crippen LogP contribution is -2.61. The number of methoxy groups -OCH3 is 1. The predicted molar refractivity (Wildman–Crippen MR) is 116 cm³/mol. The standard InChI is InChI=1S/C21H41NO5Si/c1-12-13-21(18(23)25-11,22-19(24)27-20(8,9)10)14-26-28(15(2)3,16(4)5)17(6)7/h12,15-17H,1,13-14H2,2-11H3,(H,22,24)/t21-/m1/s1. The van der Waals surface area contributed by atoms with Crippen molar-refractivity contribution in [2.75, 3.05) is 13.7 Å². The van der Waals surface area contributed by atoms with Crippen LogP contribution in [0.25, 0.3) is 0 Å². The highest BCUT2D eigenvalue weighted by Gasteiger charge is 2.49. The highest BCUT2D eigenvalue weighted by Crippen LogP contribution is 2.42. The Kier molecular flexibility index (Phi) is 9.94. The van der Waals surface area contributed by atoms with E-state index in [0.29, 0.717) is 16.6 Å². The molecule has 0 saturated heterocycles. The first-order valence-electron chi connectivity index (χ1n) is 10.0. The Balaban J connectivity index is 5.96. The molecule has 0 heterocycles. The van der Waals surface area contributed by atoms with Crippen molar-refractivity contribution in [3.8, 4) is 0 Å². The van der Waals surface area contributed by atoms with E-state index in [-0.39, 0.29) is 13.0 Å². The number of amides is 1. The number of hydrogen-bond donors (Lipinski definition) is 1. The van der Waals surface area contributed by atoms with Gasteiger partial charge in [0, 0.05) is 6.42 Å². The number of esters is 1. The second-order valence-corrected chi connectivity index (χ2v) is 14.8. The topological polar surface area (TPSA) is 73.9 Å². The number of nitrogens with one attached hydrogen (secondary N) is 1. The molecule has 0 saturated carbocycles. The van der Waals surface area contributed by atoms with Gasteiger partial charge in [-0.25, -0.2) is 9.59 Å². The van der Waals surface area contributed by atoms with Gasteiger partial charge in [0.25, 0.3) is 0 Å². The summed E-state index contributed by atoms with van der Waals surface area (Å²) in [6, 6.07) is 0. The van der Waals surface area contributed by atoms with Crippen LogP contribution in [-0.2, 0) is 18.7 Å². The Hall–Kier alpha value is -1.34. The fraction of sp³-hybridized carbons (Fsp3) is 0.810. The van der Waals surface area contributed by atoms with Crippen molar-refractivity contribution in [3.05, 3.63) is 12.7 Å². The Bertz CT molecular complexity index is 518. The summed E-state index contributed by atoms with van der Waals surface area (Å²) in [4.78, 5) is 25.2. The number of hydrogen-bond acceptors (Lipinski definition) is 5. The van der Waals surface area contributed by atoms with E-state index in [1.807, 2.05) is 0 Å². The van der Waals surface area contributed by atoms with Gasteiger partial charge in [-0.1, -0.05) is 47.6 Å². The van der Waals surface area contributed by atoms with Gasteiger partial charge in [0.05, 0.1) is 13.7 Å². The highest BCUT2D eigenvalue weighted by atomic mass is 28.4. The monoisotopic (exact) mass is 415 g/mol. The number of ether oxygens (including phenoxy) is 2. The molecule has 0 spiro atoms. The highest BCUT2D eigenvalue weighted by molar-refractivity contribution is 6.77. The van der Waals surface area contributed by atoms with Crippen LogP contribution in [0, 0.1) is 0 Å². The fourth-order valence-corrected chi connectivity index (χ4v) is 9.52. The minimum atomic E-state index is -2.26. The summed E-state index contributed by atoms with van der Waals surface area (Å²) in [5.74, 6) is -0.572. The van der Waals surface area contributed by atoms with Crippen LogP contribution < -0.4 is 5.32 Å². The molecule has 1 atom stereocenters. The Morgan fingerprint density at radius 1 is 1.04 bits per heavy atom. The van der Waals surface area contributed by atoms with Crippen LogP contribution in [0.2, 0.25) is 16.6 Å². The van der Waals surface area contributed by atoms with Crippen molar-refractivity contribution in [1.29, 1.82) is 0 Å². The molecule has 0 aliphatic rings. The summed E-state index contributed by atoms with van der Waals surface area (Å²) >= 11 is 0. The molecule has 0 bridgehead atoms. The molecule has 1 amide bonds. The maximum Gasteiger partial charge on any atom is 0.408 e. The van der Waals surface area contributed by atoms with E-state index in [4.69, 9.17) is 13.9 Å². The number of alkyl carbamates (subject to hydrolysis) is 1. The van der Waals surface area contributed by atoms with Crippen LogP contribution in [0.4, 0.5) is 4.79 Å². The smallest absolute Gasteiger partial charge is 0.408 e. The van der Waals surface area contributed by atoms with Crippen molar-refractivity contribution < 1.29 is 23.5 Å². The minimum absolute atomic E-state index is 0.0195. The summed E-state index contributed by atoms with van der Waals surface area (Å²) in [6.07, 6.45) is 1.08. The Labute approximate surface area is 172 Å². The van der Waals surface area contributed by atoms with Crippen molar-refractivity contribution in [2.45, 2.75) is 96.5 Å². The zero-order chi connectivity index (χ0) is 22.3. The third-order valence-electron chi connectivity index (χ3n) is 5.08. The second-order valence-electron chi connectivity index (χ2n) is 9.30. The maximum atomic E-state index is 12.7. The fourth-order valence-electron chi connectivity index (χ4n) is 4.03. The van der Waals surface area contributed by atoms with E-state index in [1.54, 1.807) is 26.8 Å². The summed E-state index contributed by atoms with van der Waals surface area (Å²) < 4.78 is 17.0. The minimum Gasteiger partial charge on any atom is -0.467 e. The molecule has 6 nitrogen and oxygen atoms in total. The van der Waals surface area contributed by atoms with E-state index in [0.717, 1.165) is 0 Å². The van der Waals surface area contributed by atoms with Crippen LogP contribution in [0.1, 0.15) is 68.7 Å². The second kappa shape index (κ2) is 10.4. The Morgan fingerprint density at radius 2 is 1.50 bits per heavy atom. The molecule has 0 aliphatic heterocycles. The molecular formula is C21H41NO5Si. The van der Waals surface area contributed by atoms with E-state index in [2.05, 4.69) is 53.4 Å².